The number of rotatable bonds is 2. The van der Waals surface area contributed by atoms with E-state index < -0.39 is 23.0 Å². The van der Waals surface area contributed by atoms with E-state index in [4.69, 9.17) is 0 Å². The molecule has 2 aliphatic rings. The molecule has 2 unspecified atom stereocenters. The van der Waals surface area contributed by atoms with E-state index in [0.717, 1.165) is 17.7 Å². The second kappa shape index (κ2) is 6.22. The normalized spacial score (nSPS) is 21.2. The quantitative estimate of drug-likeness (QED) is 0.734. The van der Waals surface area contributed by atoms with E-state index in [-0.39, 0.29) is 5.91 Å². The number of alkyl halides is 3. The first-order chi connectivity index (χ1) is 12.8. The number of thioether (sulfide) groups is 1. The van der Waals surface area contributed by atoms with Crippen LogP contribution in [0.1, 0.15) is 17.2 Å². The minimum Gasteiger partial charge on any atom is -0.362 e. The molecule has 1 amide bonds. The van der Waals surface area contributed by atoms with Crippen LogP contribution in [0.2, 0.25) is 0 Å². The molecule has 0 aliphatic carbocycles. The lowest BCUT2D eigenvalue weighted by Crippen LogP contribution is -2.42. The molecular formula is C17H14F3N5OS. The monoisotopic (exact) mass is 393 g/mol. The zero-order valence-electron chi connectivity index (χ0n) is 14.3. The molecule has 0 saturated heterocycles. The lowest BCUT2D eigenvalue weighted by Gasteiger charge is -2.28. The summed E-state index contributed by atoms with van der Waals surface area (Å²) in [5.74, 6) is 0.454. The number of halogens is 3. The first kappa shape index (κ1) is 17.8. The maximum Gasteiger partial charge on any atom is 0.416 e. The summed E-state index contributed by atoms with van der Waals surface area (Å²) in [6.07, 6.45) is -1.61. The van der Waals surface area contributed by atoms with Gasteiger partial charge in [0.2, 0.25) is 5.91 Å². The number of carbonyl (C=O) groups is 1. The molecule has 2 aliphatic heterocycles. The average molecular weight is 393 g/mol. The molecule has 3 heterocycles. The van der Waals surface area contributed by atoms with Crippen molar-refractivity contribution in [3.05, 3.63) is 41.7 Å². The molecule has 2 aromatic rings. The molecule has 0 saturated carbocycles. The van der Waals surface area contributed by atoms with Gasteiger partial charge >= 0.3 is 6.18 Å². The van der Waals surface area contributed by atoms with E-state index in [2.05, 4.69) is 15.0 Å². The van der Waals surface area contributed by atoms with Crippen LogP contribution in [-0.2, 0) is 11.0 Å². The topological polar surface area (TPSA) is 61.7 Å². The van der Waals surface area contributed by atoms with E-state index in [9.17, 15) is 18.0 Å². The third-order valence-corrected chi connectivity index (χ3v) is 5.63. The number of fused-ring (bicyclic) bond motifs is 3. The fourth-order valence-electron chi connectivity index (χ4n) is 3.09. The van der Waals surface area contributed by atoms with Crippen molar-refractivity contribution in [3.8, 4) is 0 Å². The van der Waals surface area contributed by atoms with Gasteiger partial charge in [0.1, 0.15) is 28.5 Å². The number of nitrogens with zero attached hydrogens (tertiary/aromatic N) is 5. The van der Waals surface area contributed by atoms with Gasteiger partial charge in [-0.1, -0.05) is 11.8 Å². The molecule has 140 valence electrons. The molecule has 27 heavy (non-hydrogen) atoms. The second-order valence-corrected chi connectivity index (χ2v) is 7.44. The highest BCUT2D eigenvalue weighted by Gasteiger charge is 2.45. The van der Waals surface area contributed by atoms with Crippen LogP contribution in [0.4, 0.5) is 24.7 Å². The summed E-state index contributed by atoms with van der Waals surface area (Å²) in [6.45, 7) is 0. The molecule has 0 bridgehead atoms. The molecule has 6 nitrogen and oxygen atoms in total. The third kappa shape index (κ3) is 2.93. The van der Waals surface area contributed by atoms with Crippen molar-refractivity contribution in [1.29, 1.82) is 0 Å². The number of carbonyl (C=O) groups excluding carboxylic acids is 1. The molecule has 0 N–H and O–H groups in total. The maximum atomic E-state index is 13.0. The van der Waals surface area contributed by atoms with Gasteiger partial charge in [-0.2, -0.15) is 13.2 Å². The second-order valence-electron chi connectivity index (χ2n) is 6.31. The Hall–Kier alpha value is -2.62. The van der Waals surface area contributed by atoms with E-state index in [0.29, 0.717) is 16.5 Å². The highest BCUT2D eigenvalue weighted by Crippen LogP contribution is 2.50. The largest absolute Gasteiger partial charge is 0.416 e. The molecule has 0 fully saturated rings. The predicted molar refractivity (Wildman–Crippen MR) is 96.2 cm³/mol. The van der Waals surface area contributed by atoms with Crippen molar-refractivity contribution in [2.45, 2.75) is 22.5 Å². The minimum atomic E-state index is -4.42. The van der Waals surface area contributed by atoms with Crippen LogP contribution in [0.15, 0.2) is 40.6 Å². The van der Waals surface area contributed by atoms with Gasteiger partial charge in [0.25, 0.3) is 0 Å². The Morgan fingerprint density at radius 1 is 1.15 bits per heavy atom. The SMILES string of the molecule is CN(C)c1ncnc2c1C1N=CN(c3ccc(C(F)(F)F)cc3)C(=O)C1S2. The van der Waals surface area contributed by atoms with Crippen molar-refractivity contribution in [3.63, 3.8) is 0 Å². The van der Waals surface area contributed by atoms with Gasteiger partial charge in [-0.3, -0.25) is 14.7 Å². The lowest BCUT2D eigenvalue weighted by atomic mass is 10.0. The van der Waals surface area contributed by atoms with E-state index in [1.54, 1.807) is 0 Å². The third-order valence-electron chi connectivity index (χ3n) is 4.37. The van der Waals surface area contributed by atoms with Gasteiger partial charge in [0.15, 0.2) is 0 Å². The maximum absolute atomic E-state index is 13.0. The van der Waals surface area contributed by atoms with Crippen LogP contribution >= 0.6 is 11.8 Å². The summed E-state index contributed by atoms with van der Waals surface area (Å²) in [4.78, 5) is 29.1. The number of aliphatic imine (C=N–C) groups is 1. The van der Waals surface area contributed by atoms with Crippen LogP contribution in [0.3, 0.4) is 0 Å². The Kier molecular flexibility index (Phi) is 4.10. The Bertz CT molecular complexity index is 929. The van der Waals surface area contributed by atoms with Crippen LogP contribution < -0.4 is 9.80 Å². The smallest absolute Gasteiger partial charge is 0.362 e. The Balaban J connectivity index is 1.67. The summed E-state index contributed by atoms with van der Waals surface area (Å²) in [7, 11) is 3.70. The first-order valence-electron chi connectivity index (χ1n) is 8.00. The molecule has 10 heteroatoms. The predicted octanol–water partition coefficient (Wildman–Crippen LogP) is 3.15. The number of aromatic nitrogens is 2. The minimum absolute atomic E-state index is 0.248. The van der Waals surface area contributed by atoms with Gasteiger partial charge in [-0.25, -0.2) is 9.97 Å². The fraction of sp³-hybridized carbons (Fsp3) is 0.294. The van der Waals surface area contributed by atoms with Crippen LogP contribution in [-0.4, -0.2) is 41.6 Å². The van der Waals surface area contributed by atoms with Crippen molar-refractivity contribution >= 4 is 35.5 Å². The Morgan fingerprint density at radius 2 is 1.85 bits per heavy atom. The summed E-state index contributed by atoms with van der Waals surface area (Å²) >= 11 is 1.30. The summed E-state index contributed by atoms with van der Waals surface area (Å²) in [5, 5.41) is 0.172. The Morgan fingerprint density at radius 3 is 2.48 bits per heavy atom. The van der Waals surface area contributed by atoms with Crippen molar-refractivity contribution in [2.24, 2.45) is 4.99 Å². The zero-order chi connectivity index (χ0) is 19.3. The van der Waals surface area contributed by atoms with Gasteiger partial charge < -0.3 is 4.90 Å². The molecule has 2 atom stereocenters. The molecule has 1 aromatic heterocycles. The molecule has 0 spiro atoms. The average Bonchev–Trinajstić information content (AvgIpc) is 3.01. The van der Waals surface area contributed by atoms with Gasteiger partial charge in [0, 0.05) is 19.8 Å². The summed E-state index contributed by atoms with van der Waals surface area (Å²) in [6, 6.07) is 4.03. The molecule has 4 rings (SSSR count). The zero-order valence-corrected chi connectivity index (χ0v) is 15.1. The van der Waals surface area contributed by atoms with Crippen molar-refractivity contribution < 1.29 is 18.0 Å². The van der Waals surface area contributed by atoms with Crippen molar-refractivity contribution in [1.82, 2.24) is 9.97 Å². The number of anilines is 2. The Labute approximate surface area is 157 Å². The molecule has 0 radical (unpaired) electrons. The molecular weight excluding hydrogens is 379 g/mol. The van der Waals surface area contributed by atoms with E-state index >= 15 is 0 Å². The van der Waals surface area contributed by atoms with E-state index in [1.807, 2.05) is 19.0 Å². The fourth-order valence-corrected chi connectivity index (χ4v) is 4.33. The number of hydrogen-bond acceptors (Lipinski definition) is 6. The highest BCUT2D eigenvalue weighted by molar-refractivity contribution is 8.01. The lowest BCUT2D eigenvalue weighted by molar-refractivity contribution is -0.137. The number of amides is 1. The van der Waals surface area contributed by atoms with E-state index in [1.165, 1.54) is 41.5 Å². The number of hydrogen-bond donors (Lipinski definition) is 0. The van der Waals surface area contributed by atoms with Crippen LogP contribution in [0, 0.1) is 0 Å². The van der Waals surface area contributed by atoms with Crippen LogP contribution in [0.5, 0.6) is 0 Å². The summed E-state index contributed by atoms with van der Waals surface area (Å²) in [5.41, 5.74) is 0.374. The standard InChI is InChI=1S/C17H14F3N5OS/c1-24(2)14-11-12-13(27-15(11)22-7-21-14)16(26)25(8-23-12)10-5-3-9(4-6-10)17(18,19)20/h3-8,12-13H,1-2H3. The molecule has 1 aromatic carbocycles. The van der Waals surface area contributed by atoms with Crippen molar-refractivity contribution in [2.75, 3.05) is 23.9 Å². The summed E-state index contributed by atoms with van der Waals surface area (Å²) < 4.78 is 38.2. The van der Waals surface area contributed by atoms with Crippen LogP contribution in [0.25, 0.3) is 0 Å². The van der Waals surface area contributed by atoms with Gasteiger partial charge in [0.05, 0.1) is 17.5 Å². The highest BCUT2D eigenvalue weighted by atomic mass is 32.2. The van der Waals surface area contributed by atoms with Gasteiger partial charge in [-0.05, 0) is 24.3 Å². The number of benzene rings is 1. The van der Waals surface area contributed by atoms with Gasteiger partial charge in [-0.15, -0.1) is 0 Å². The first-order valence-corrected chi connectivity index (χ1v) is 8.88.